The number of carboxylic acids is 1. The second kappa shape index (κ2) is 5.15. The van der Waals surface area contributed by atoms with Crippen LogP contribution < -0.4 is 5.73 Å². The summed E-state index contributed by atoms with van der Waals surface area (Å²) in [7, 11) is 0. The SMILES string of the molecule is CC(C)(C)c1ccccc1C(=O)N1CCC(N)(C(=O)O)C1. The van der Waals surface area contributed by atoms with E-state index in [1.165, 1.54) is 0 Å². The molecule has 1 saturated heterocycles. The summed E-state index contributed by atoms with van der Waals surface area (Å²) in [5, 5.41) is 9.16. The zero-order valence-corrected chi connectivity index (χ0v) is 12.7. The third kappa shape index (κ3) is 2.93. The number of carbonyl (C=O) groups excluding carboxylic acids is 1. The van der Waals surface area contributed by atoms with Crippen LogP contribution in [0.3, 0.4) is 0 Å². The molecule has 0 aliphatic carbocycles. The number of rotatable bonds is 2. The molecule has 1 amide bonds. The van der Waals surface area contributed by atoms with Gasteiger partial charge in [0.25, 0.3) is 5.91 Å². The molecule has 5 heteroatoms. The van der Waals surface area contributed by atoms with Gasteiger partial charge in [-0.3, -0.25) is 9.59 Å². The lowest BCUT2D eigenvalue weighted by Gasteiger charge is -2.25. The van der Waals surface area contributed by atoms with Gasteiger partial charge in [0.15, 0.2) is 0 Å². The summed E-state index contributed by atoms with van der Waals surface area (Å²) in [5.41, 5.74) is 5.94. The lowest BCUT2D eigenvalue weighted by molar-refractivity contribution is -0.142. The smallest absolute Gasteiger partial charge is 0.325 e. The van der Waals surface area contributed by atoms with E-state index in [9.17, 15) is 9.59 Å². The molecule has 1 aliphatic heterocycles. The van der Waals surface area contributed by atoms with Crippen molar-refractivity contribution in [1.82, 2.24) is 4.90 Å². The van der Waals surface area contributed by atoms with E-state index in [1.807, 2.05) is 39.0 Å². The number of carboxylic acid groups (broad SMARTS) is 1. The number of aliphatic carboxylic acids is 1. The zero-order chi connectivity index (χ0) is 15.8. The number of benzene rings is 1. The maximum absolute atomic E-state index is 12.7. The summed E-state index contributed by atoms with van der Waals surface area (Å²) in [6.07, 6.45) is 0.283. The van der Waals surface area contributed by atoms with Crippen LogP contribution in [0.2, 0.25) is 0 Å². The highest BCUT2D eigenvalue weighted by Crippen LogP contribution is 2.28. The first-order chi connectivity index (χ1) is 9.65. The van der Waals surface area contributed by atoms with E-state index >= 15 is 0 Å². The van der Waals surface area contributed by atoms with Crippen molar-refractivity contribution in [2.24, 2.45) is 5.73 Å². The Balaban J connectivity index is 2.29. The zero-order valence-electron chi connectivity index (χ0n) is 12.7. The summed E-state index contributed by atoms with van der Waals surface area (Å²) in [6, 6.07) is 7.47. The van der Waals surface area contributed by atoms with Gasteiger partial charge < -0.3 is 15.7 Å². The van der Waals surface area contributed by atoms with Crippen molar-refractivity contribution in [2.45, 2.75) is 38.1 Å². The predicted molar refractivity (Wildman–Crippen MR) is 80.2 cm³/mol. The minimum Gasteiger partial charge on any atom is -0.480 e. The van der Waals surface area contributed by atoms with E-state index in [-0.39, 0.29) is 24.3 Å². The number of nitrogens with two attached hydrogens (primary N) is 1. The van der Waals surface area contributed by atoms with Gasteiger partial charge in [0.05, 0.1) is 0 Å². The number of amides is 1. The fraction of sp³-hybridized carbons (Fsp3) is 0.500. The second-order valence-corrected chi connectivity index (χ2v) is 6.73. The summed E-state index contributed by atoms with van der Waals surface area (Å²) in [5.74, 6) is -1.20. The molecule has 1 heterocycles. The summed E-state index contributed by atoms with van der Waals surface area (Å²) >= 11 is 0. The van der Waals surface area contributed by atoms with Gasteiger partial charge in [-0.2, -0.15) is 0 Å². The van der Waals surface area contributed by atoms with Crippen LogP contribution in [-0.4, -0.2) is 40.5 Å². The van der Waals surface area contributed by atoms with Crippen molar-refractivity contribution in [1.29, 1.82) is 0 Å². The molecule has 1 aromatic carbocycles. The van der Waals surface area contributed by atoms with Gasteiger partial charge in [0, 0.05) is 18.7 Å². The third-order valence-electron chi connectivity index (χ3n) is 3.98. The maximum atomic E-state index is 12.7. The van der Waals surface area contributed by atoms with Crippen molar-refractivity contribution >= 4 is 11.9 Å². The van der Waals surface area contributed by atoms with E-state index < -0.39 is 11.5 Å². The summed E-state index contributed by atoms with van der Waals surface area (Å²) in [4.78, 5) is 25.4. The highest BCUT2D eigenvalue weighted by Gasteiger charge is 2.43. The second-order valence-electron chi connectivity index (χ2n) is 6.73. The number of carbonyl (C=O) groups is 2. The van der Waals surface area contributed by atoms with E-state index in [4.69, 9.17) is 10.8 Å². The van der Waals surface area contributed by atoms with Crippen molar-refractivity contribution < 1.29 is 14.7 Å². The first kappa shape index (κ1) is 15.5. The molecule has 0 spiro atoms. The Morgan fingerprint density at radius 1 is 1.29 bits per heavy atom. The van der Waals surface area contributed by atoms with Crippen LogP contribution in [0.5, 0.6) is 0 Å². The van der Waals surface area contributed by atoms with Gasteiger partial charge in [-0.25, -0.2) is 0 Å². The molecule has 1 fully saturated rings. The lowest BCUT2D eigenvalue weighted by Crippen LogP contribution is -2.50. The average Bonchev–Trinajstić information content (AvgIpc) is 2.81. The van der Waals surface area contributed by atoms with Crippen LogP contribution in [0.4, 0.5) is 0 Å². The molecule has 1 unspecified atom stereocenters. The highest BCUT2D eigenvalue weighted by atomic mass is 16.4. The van der Waals surface area contributed by atoms with Gasteiger partial charge in [-0.15, -0.1) is 0 Å². The van der Waals surface area contributed by atoms with Crippen molar-refractivity contribution in [3.05, 3.63) is 35.4 Å². The standard InChI is InChI=1S/C16H22N2O3/c1-15(2,3)12-7-5-4-6-11(12)13(19)18-9-8-16(17,10-18)14(20)21/h4-7H,8-10,17H2,1-3H3,(H,20,21). The van der Waals surface area contributed by atoms with E-state index in [1.54, 1.807) is 11.0 Å². The Hall–Kier alpha value is -1.88. The molecule has 21 heavy (non-hydrogen) atoms. The molecule has 114 valence electrons. The van der Waals surface area contributed by atoms with Crippen LogP contribution in [0.25, 0.3) is 0 Å². The largest absolute Gasteiger partial charge is 0.480 e. The molecule has 2 rings (SSSR count). The van der Waals surface area contributed by atoms with E-state index in [0.717, 1.165) is 5.56 Å². The van der Waals surface area contributed by atoms with Gasteiger partial charge in [0.1, 0.15) is 5.54 Å². The molecule has 0 aromatic heterocycles. The molecular formula is C16H22N2O3. The van der Waals surface area contributed by atoms with Crippen LogP contribution in [0, 0.1) is 0 Å². The topological polar surface area (TPSA) is 83.6 Å². The predicted octanol–water partition coefficient (Wildman–Crippen LogP) is 1.61. The van der Waals surface area contributed by atoms with Gasteiger partial charge in [0.2, 0.25) is 0 Å². The Morgan fingerprint density at radius 2 is 1.90 bits per heavy atom. The van der Waals surface area contributed by atoms with Crippen LogP contribution in [-0.2, 0) is 10.2 Å². The molecule has 1 aliphatic rings. The van der Waals surface area contributed by atoms with Gasteiger partial charge in [-0.1, -0.05) is 39.0 Å². The molecule has 1 aromatic rings. The third-order valence-corrected chi connectivity index (χ3v) is 3.98. The summed E-state index contributed by atoms with van der Waals surface area (Å²) in [6.45, 7) is 6.58. The Labute approximate surface area is 124 Å². The molecule has 1 atom stereocenters. The normalized spacial score (nSPS) is 22.4. The maximum Gasteiger partial charge on any atom is 0.325 e. The first-order valence-corrected chi connectivity index (χ1v) is 7.06. The Kier molecular flexibility index (Phi) is 3.80. The Bertz CT molecular complexity index is 577. The number of nitrogens with zero attached hydrogens (tertiary/aromatic N) is 1. The van der Waals surface area contributed by atoms with Crippen molar-refractivity contribution in [3.8, 4) is 0 Å². The van der Waals surface area contributed by atoms with Crippen molar-refractivity contribution in [2.75, 3.05) is 13.1 Å². The Morgan fingerprint density at radius 3 is 2.43 bits per heavy atom. The van der Waals surface area contributed by atoms with Gasteiger partial charge >= 0.3 is 5.97 Å². The molecule has 5 nitrogen and oxygen atoms in total. The number of likely N-dealkylation sites (tertiary alicyclic amines) is 1. The number of hydrogen-bond donors (Lipinski definition) is 2. The molecule has 0 saturated carbocycles. The minimum atomic E-state index is -1.33. The number of hydrogen-bond acceptors (Lipinski definition) is 3. The fourth-order valence-corrected chi connectivity index (χ4v) is 2.68. The quantitative estimate of drug-likeness (QED) is 0.866. The molecule has 0 bridgehead atoms. The molecular weight excluding hydrogens is 268 g/mol. The summed E-state index contributed by atoms with van der Waals surface area (Å²) < 4.78 is 0. The van der Waals surface area contributed by atoms with Crippen LogP contribution in [0.15, 0.2) is 24.3 Å². The van der Waals surface area contributed by atoms with Crippen molar-refractivity contribution in [3.63, 3.8) is 0 Å². The first-order valence-electron chi connectivity index (χ1n) is 7.06. The van der Waals surface area contributed by atoms with Crippen LogP contribution >= 0.6 is 0 Å². The highest BCUT2D eigenvalue weighted by molar-refractivity contribution is 5.97. The van der Waals surface area contributed by atoms with Gasteiger partial charge in [-0.05, 0) is 23.5 Å². The molecule has 3 N–H and O–H groups in total. The van der Waals surface area contributed by atoms with E-state index in [2.05, 4.69) is 0 Å². The monoisotopic (exact) mass is 290 g/mol. The lowest BCUT2D eigenvalue weighted by atomic mass is 9.83. The minimum absolute atomic E-state index is 0.0552. The van der Waals surface area contributed by atoms with Crippen LogP contribution in [0.1, 0.15) is 43.1 Å². The fourth-order valence-electron chi connectivity index (χ4n) is 2.68. The molecule has 0 radical (unpaired) electrons. The average molecular weight is 290 g/mol. The van der Waals surface area contributed by atoms with E-state index in [0.29, 0.717) is 12.1 Å².